The van der Waals surface area contributed by atoms with Gasteiger partial charge in [-0.3, -0.25) is 4.79 Å². The molecule has 7 heteroatoms. The molecular formula is C16H19F2N2O3+. The summed E-state index contributed by atoms with van der Waals surface area (Å²) in [5, 5.41) is 2.71. The number of carbonyl (C=O) groups excluding carboxylic acids is 1. The molecule has 1 atom stereocenters. The van der Waals surface area contributed by atoms with Gasteiger partial charge in [0.1, 0.15) is 18.1 Å². The van der Waals surface area contributed by atoms with Crippen LogP contribution in [0.2, 0.25) is 0 Å². The zero-order chi connectivity index (χ0) is 16.8. The van der Waals surface area contributed by atoms with E-state index in [0.717, 1.165) is 16.4 Å². The summed E-state index contributed by atoms with van der Waals surface area (Å²) in [5.41, 5.74) is 0.526. The second kappa shape index (κ2) is 7.73. The first-order valence-corrected chi connectivity index (χ1v) is 7.13. The van der Waals surface area contributed by atoms with Gasteiger partial charge in [-0.25, -0.2) is 0 Å². The maximum absolute atomic E-state index is 12.1. The van der Waals surface area contributed by atoms with E-state index < -0.39 is 6.61 Å². The average molecular weight is 325 g/mol. The van der Waals surface area contributed by atoms with Crippen molar-refractivity contribution in [2.75, 3.05) is 18.9 Å². The van der Waals surface area contributed by atoms with Crippen molar-refractivity contribution in [1.29, 1.82) is 0 Å². The van der Waals surface area contributed by atoms with Crippen molar-refractivity contribution in [2.24, 2.45) is 0 Å². The number of quaternary nitrogens is 1. The largest absolute Gasteiger partial charge is 0.460 e. The number of likely N-dealkylation sites (N-methyl/N-ethyl adjacent to an activating group) is 1. The van der Waals surface area contributed by atoms with E-state index in [1.54, 1.807) is 0 Å². The number of aryl methyl sites for hydroxylation is 1. The third-order valence-corrected chi connectivity index (χ3v) is 3.10. The number of anilines is 1. The number of amides is 1. The highest BCUT2D eigenvalue weighted by Gasteiger charge is 2.13. The monoisotopic (exact) mass is 325 g/mol. The summed E-state index contributed by atoms with van der Waals surface area (Å²) in [6.07, 6.45) is 0. The summed E-state index contributed by atoms with van der Waals surface area (Å²) in [6, 6.07) is 9.56. The Bertz CT molecular complexity index is 641. The van der Waals surface area contributed by atoms with Crippen LogP contribution in [0.3, 0.4) is 0 Å². The number of hydrogen-bond acceptors (Lipinski definition) is 3. The minimum absolute atomic E-state index is 0.0499. The van der Waals surface area contributed by atoms with Crippen LogP contribution in [0.1, 0.15) is 11.5 Å². The van der Waals surface area contributed by atoms with E-state index in [-0.39, 0.29) is 18.2 Å². The van der Waals surface area contributed by atoms with Gasteiger partial charge in [0, 0.05) is 5.69 Å². The van der Waals surface area contributed by atoms with Gasteiger partial charge in [-0.2, -0.15) is 8.78 Å². The molecule has 2 aromatic rings. The molecule has 0 aliphatic rings. The lowest BCUT2D eigenvalue weighted by molar-refractivity contribution is -0.886. The molecule has 2 N–H and O–H groups in total. The number of nitrogens with one attached hydrogen (secondary N) is 2. The summed E-state index contributed by atoms with van der Waals surface area (Å²) in [5.74, 6) is 1.53. The number of benzene rings is 1. The molecule has 1 amide bonds. The highest BCUT2D eigenvalue weighted by atomic mass is 19.3. The molecule has 0 saturated heterocycles. The molecule has 124 valence electrons. The topological polar surface area (TPSA) is 55.9 Å². The van der Waals surface area contributed by atoms with Crippen LogP contribution in [0.25, 0.3) is 0 Å². The van der Waals surface area contributed by atoms with Crippen LogP contribution in [0.15, 0.2) is 40.8 Å². The Balaban J connectivity index is 1.81. The Labute approximate surface area is 132 Å². The minimum atomic E-state index is -2.86. The molecule has 0 aliphatic carbocycles. The Morgan fingerprint density at radius 2 is 1.96 bits per heavy atom. The molecule has 1 aromatic carbocycles. The summed E-state index contributed by atoms with van der Waals surface area (Å²) < 4.78 is 33.8. The molecule has 0 aliphatic heterocycles. The van der Waals surface area contributed by atoms with Crippen molar-refractivity contribution < 1.29 is 27.6 Å². The number of carbonyl (C=O) groups is 1. The third kappa shape index (κ3) is 5.71. The number of ether oxygens (including phenoxy) is 1. The normalized spacial score (nSPS) is 12.2. The Morgan fingerprint density at radius 1 is 1.26 bits per heavy atom. The Morgan fingerprint density at radius 3 is 2.52 bits per heavy atom. The molecule has 0 bridgehead atoms. The van der Waals surface area contributed by atoms with E-state index in [0.29, 0.717) is 12.2 Å². The van der Waals surface area contributed by atoms with Crippen LogP contribution < -0.4 is 15.0 Å². The molecule has 23 heavy (non-hydrogen) atoms. The summed E-state index contributed by atoms with van der Waals surface area (Å²) in [6.45, 7) is -0.136. The van der Waals surface area contributed by atoms with Crippen LogP contribution in [0.4, 0.5) is 14.5 Å². The highest BCUT2D eigenvalue weighted by molar-refractivity contribution is 5.91. The Kier molecular flexibility index (Phi) is 5.70. The summed E-state index contributed by atoms with van der Waals surface area (Å²) >= 11 is 0. The maximum atomic E-state index is 12.1. The molecular weight excluding hydrogens is 306 g/mol. The summed E-state index contributed by atoms with van der Waals surface area (Å²) in [4.78, 5) is 12.9. The van der Waals surface area contributed by atoms with Crippen molar-refractivity contribution >= 4 is 11.6 Å². The van der Waals surface area contributed by atoms with Gasteiger partial charge in [0.25, 0.3) is 5.91 Å². The molecule has 0 spiro atoms. The third-order valence-electron chi connectivity index (χ3n) is 3.10. The van der Waals surface area contributed by atoms with Gasteiger partial charge in [-0.05, 0) is 43.3 Å². The lowest BCUT2D eigenvalue weighted by Crippen LogP contribution is -3.08. The molecule has 0 fully saturated rings. The second-order valence-corrected chi connectivity index (χ2v) is 5.27. The average Bonchev–Trinajstić information content (AvgIpc) is 2.85. The molecule has 0 saturated carbocycles. The molecule has 1 heterocycles. The lowest BCUT2D eigenvalue weighted by Gasteiger charge is -2.12. The summed E-state index contributed by atoms with van der Waals surface area (Å²) in [7, 11) is 1.89. The van der Waals surface area contributed by atoms with Crippen molar-refractivity contribution in [2.45, 2.75) is 20.1 Å². The SMILES string of the molecule is Cc1ccc(C[NH+](C)CC(=O)Nc2ccc(OC(F)F)cc2)o1. The zero-order valence-corrected chi connectivity index (χ0v) is 12.9. The second-order valence-electron chi connectivity index (χ2n) is 5.27. The van der Waals surface area contributed by atoms with E-state index in [1.165, 1.54) is 24.3 Å². The number of alkyl halides is 2. The quantitative estimate of drug-likeness (QED) is 0.817. The van der Waals surface area contributed by atoms with Crippen LogP contribution in [0, 0.1) is 6.92 Å². The van der Waals surface area contributed by atoms with Gasteiger partial charge in [0.2, 0.25) is 0 Å². The van der Waals surface area contributed by atoms with E-state index >= 15 is 0 Å². The van der Waals surface area contributed by atoms with Crippen LogP contribution in [0.5, 0.6) is 5.75 Å². The smallest absolute Gasteiger partial charge is 0.387 e. The zero-order valence-electron chi connectivity index (χ0n) is 12.9. The predicted octanol–water partition coefficient (Wildman–Crippen LogP) is 1.84. The van der Waals surface area contributed by atoms with E-state index in [4.69, 9.17) is 4.42 Å². The number of furan rings is 1. The number of hydrogen-bond donors (Lipinski definition) is 2. The van der Waals surface area contributed by atoms with Crippen molar-refractivity contribution in [3.63, 3.8) is 0 Å². The van der Waals surface area contributed by atoms with E-state index in [1.807, 2.05) is 26.1 Å². The predicted molar refractivity (Wildman–Crippen MR) is 80.6 cm³/mol. The molecule has 5 nitrogen and oxygen atoms in total. The van der Waals surface area contributed by atoms with Gasteiger partial charge in [0.15, 0.2) is 12.3 Å². The van der Waals surface area contributed by atoms with Crippen molar-refractivity contribution in [3.05, 3.63) is 47.9 Å². The molecule has 0 radical (unpaired) electrons. The lowest BCUT2D eigenvalue weighted by atomic mass is 10.3. The molecule has 2 rings (SSSR count). The fraction of sp³-hybridized carbons (Fsp3) is 0.312. The standard InChI is InChI=1S/C16H18F2N2O3/c1-11-3-6-14(22-11)9-20(2)10-15(21)19-12-4-7-13(8-5-12)23-16(17)18/h3-8,16H,9-10H2,1-2H3,(H,19,21)/p+1. The van der Waals surface area contributed by atoms with Gasteiger partial charge < -0.3 is 19.4 Å². The fourth-order valence-corrected chi connectivity index (χ4v) is 2.14. The first-order valence-electron chi connectivity index (χ1n) is 7.13. The van der Waals surface area contributed by atoms with Crippen molar-refractivity contribution in [3.8, 4) is 5.75 Å². The van der Waals surface area contributed by atoms with Gasteiger partial charge in [-0.15, -0.1) is 0 Å². The fourth-order valence-electron chi connectivity index (χ4n) is 2.14. The molecule has 1 unspecified atom stereocenters. The van der Waals surface area contributed by atoms with E-state index in [2.05, 4.69) is 10.1 Å². The maximum Gasteiger partial charge on any atom is 0.387 e. The highest BCUT2D eigenvalue weighted by Crippen LogP contribution is 2.17. The Hall–Kier alpha value is -2.41. The van der Waals surface area contributed by atoms with Crippen molar-refractivity contribution in [1.82, 2.24) is 0 Å². The van der Waals surface area contributed by atoms with Gasteiger partial charge in [0.05, 0.1) is 7.05 Å². The van der Waals surface area contributed by atoms with Crippen LogP contribution in [-0.4, -0.2) is 26.1 Å². The number of halogens is 2. The molecule has 1 aromatic heterocycles. The van der Waals surface area contributed by atoms with Crippen LogP contribution in [-0.2, 0) is 11.3 Å². The first kappa shape index (κ1) is 17.0. The minimum Gasteiger partial charge on any atom is -0.460 e. The van der Waals surface area contributed by atoms with Crippen LogP contribution >= 0.6 is 0 Å². The first-order chi connectivity index (χ1) is 10.9. The van der Waals surface area contributed by atoms with E-state index in [9.17, 15) is 13.6 Å². The number of rotatable bonds is 7. The van der Waals surface area contributed by atoms with Gasteiger partial charge >= 0.3 is 6.61 Å². The van der Waals surface area contributed by atoms with Gasteiger partial charge in [-0.1, -0.05) is 0 Å².